The number of benzene rings is 7. The Morgan fingerprint density at radius 2 is 1.22 bits per heavy atom. The van der Waals surface area contributed by atoms with Gasteiger partial charge in [-0.2, -0.15) is 0 Å². The predicted octanol–water partition coefficient (Wildman–Crippen LogP) is 13.0. The Labute approximate surface area is 297 Å². The van der Waals surface area contributed by atoms with Crippen LogP contribution in [0.1, 0.15) is 38.5 Å². The molecule has 0 atom stereocenters. The fourth-order valence-corrected chi connectivity index (χ4v) is 11.5. The first-order valence-corrected chi connectivity index (χ1v) is 18.8. The second kappa shape index (κ2) is 10.3. The van der Waals surface area contributed by atoms with Crippen LogP contribution in [-0.4, -0.2) is 10.1 Å². The summed E-state index contributed by atoms with van der Waals surface area (Å²) in [6.07, 6.45) is 8.22. The van der Waals surface area contributed by atoms with E-state index in [1.54, 1.807) is 0 Å². The molecular weight excluding hydrogens is 621 g/mol. The van der Waals surface area contributed by atoms with Gasteiger partial charge in [0.15, 0.2) is 11.5 Å². The van der Waals surface area contributed by atoms with Gasteiger partial charge >= 0.3 is 0 Å². The van der Waals surface area contributed by atoms with E-state index in [-0.39, 0.29) is 5.54 Å². The van der Waals surface area contributed by atoms with Gasteiger partial charge < -0.3 is 14.2 Å². The number of ether oxygens (including phenoxy) is 1. The summed E-state index contributed by atoms with van der Waals surface area (Å²) in [4.78, 5) is 2.80. The molecule has 51 heavy (non-hydrogen) atoms. The number of hydrogen-bond donors (Lipinski definition) is 0. The summed E-state index contributed by atoms with van der Waals surface area (Å²) in [5, 5.41) is 7.81. The smallest absolute Gasteiger partial charge is 0.152 e. The Hall–Kier alpha value is -5.54. The van der Waals surface area contributed by atoms with E-state index in [1.165, 1.54) is 98.9 Å². The normalized spacial score (nSPS) is 22.9. The molecular formula is C48H38N2O. The van der Waals surface area contributed by atoms with Gasteiger partial charge in [-0.25, -0.2) is 0 Å². The highest BCUT2D eigenvalue weighted by atomic mass is 16.5. The monoisotopic (exact) mass is 658 g/mol. The molecule has 4 fully saturated rings. The third-order valence-electron chi connectivity index (χ3n) is 13.0. The van der Waals surface area contributed by atoms with E-state index in [9.17, 15) is 0 Å². The van der Waals surface area contributed by atoms with Crippen LogP contribution in [0.2, 0.25) is 0 Å². The van der Waals surface area contributed by atoms with Crippen molar-refractivity contribution >= 4 is 54.7 Å². The molecule has 1 aliphatic heterocycles. The van der Waals surface area contributed by atoms with Crippen LogP contribution in [-0.2, 0) is 0 Å². The minimum Gasteiger partial charge on any atom is -0.453 e. The van der Waals surface area contributed by atoms with E-state index in [2.05, 4.69) is 149 Å². The number of para-hydroxylation sites is 3. The van der Waals surface area contributed by atoms with Crippen LogP contribution in [0.5, 0.6) is 11.5 Å². The molecule has 5 aliphatic rings. The molecule has 4 saturated carbocycles. The minimum absolute atomic E-state index is 0.171. The van der Waals surface area contributed by atoms with Gasteiger partial charge in [-0.1, -0.05) is 84.9 Å². The summed E-state index contributed by atoms with van der Waals surface area (Å²) >= 11 is 0. The van der Waals surface area contributed by atoms with Crippen molar-refractivity contribution in [1.29, 1.82) is 0 Å². The Kier molecular flexibility index (Phi) is 5.67. The second-order valence-corrected chi connectivity index (χ2v) is 16.0. The van der Waals surface area contributed by atoms with Gasteiger partial charge in [0.25, 0.3) is 0 Å². The number of aromatic nitrogens is 1. The fraction of sp³-hybridized carbons (Fsp3) is 0.208. The Bertz CT molecular complexity index is 2680. The van der Waals surface area contributed by atoms with E-state index < -0.39 is 0 Å². The Balaban J connectivity index is 1.02. The molecule has 2 heterocycles. The number of hydrogen-bond acceptors (Lipinski definition) is 2. The van der Waals surface area contributed by atoms with Crippen LogP contribution in [0, 0.1) is 17.8 Å². The molecule has 4 aliphatic carbocycles. The molecule has 0 amide bonds. The van der Waals surface area contributed by atoms with Crippen molar-refractivity contribution in [2.24, 2.45) is 17.8 Å². The number of nitrogens with zero attached hydrogens (tertiary/aromatic N) is 2. The molecule has 8 aromatic rings. The van der Waals surface area contributed by atoms with Crippen molar-refractivity contribution in [2.45, 2.75) is 44.1 Å². The molecule has 1 aromatic heterocycles. The summed E-state index contributed by atoms with van der Waals surface area (Å²) in [7, 11) is 0. The molecule has 0 spiro atoms. The molecule has 0 radical (unpaired) electrons. The highest BCUT2D eigenvalue weighted by molar-refractivity contribution is 6.18. The van der Waals surface area contributed by atoms with Crippen LogP contribution in [0.3, 0.4) is 0 Å². The van der Waals surface area contributed by atoms with Gasteiger partial charge in [0, 0.05) is 27.7 Å². The average molecular weight is 659 g/mol. The molecule has 0 N–H and O–H groups in total. The Morgan fingerprint density at radius 1 is 0.549 bits per heavy atom. The number of rotatable bonds is 4. The van der Waals surface area contributed by atoms with Crippen molar-refractivity contribution in [1.82, 2.24) is 4.57 Å². The van der Waals surface area contributed by atoms with Gasteiger partial charge in [0.1, 0.15) is 0 Å². The lowest BCUT2D eigenvalue weighted by Gasteiger charge is -2.61. The maximum absolute atomic E-state index is 6.51. The van der Waals surface area contributed by atoms with E-state index >= 15 is 0 Å². The lowest BCUT2D eigenvalue weighted by molar-refractivity contribution is 0.000565. The van der Waals surface area contributed by atoms with E-state index in [1.807, 2.05) is 0 Å². The van der Waals surface area contributed by atoms with E-state index in [4.69, 9.17) is 4.74 Å². The van der Waals surface area contributed by atoms with E-state index in [0.29, 0.717) is 0 Å². The quantitative estimate of drug-likeness (QED) is 0.175. The van der Waals surface area contributed by atoms with Crippen LogP contribution >= 0.6 is 0 Å². The summed E-state index contributed by atoms with van der Waals surface area (Å²) < 4.78 is 8.91. The topological polar surface area (TPSA) is 17.4 Å². The van der Waals surface area contributed by atoms with Crippen molar-refractivity contribution in [3.05, 3.63) is 140 Å². The molecule has 0 unspecified atom stereocenters. The van der Waals surface area contributed by atoms with Crippen molar-refractivity contribution in [3.63, 3.8) is 0 Å². The molecule has 246 valence electrons. The third kappa shape index (κ3) is 4.01. The predicted molar refractivity (Wildman–Crippen MR) is 211 cm³/mol. The Morgan fingerprint density at radius 3 is 2.04 bits per heavy atom. The molecule has 7 aromatic carbocycles. The highest BCUT2D eigenvalue weighted by Crippen LogP contribution is 2.60. The molecule has 3 nitrogen and oxygen atoms in total. The van der Waals surface area contributed by atoms with Crippen molar-refractivity contribution in [3.8, 4) is 28.3 Å². The zero-order valence-corrected chi connectivity index (χ0v) is 28.6. The van der Waals surface area contributed by atoms with Gasteiger partial charge in [0.2, 0.25) is 0 Å². The van der Waals surface area contributed by atoms with E-state index in [0.717, 1.165) is 40.5 Å². The molecule has 4 bridgehead atoms. The zero-order valence-electron chi connectivity index (χ0n) is 28.6. The van der Waals surface area contributed by atoms with Crippen LogP contribution < -0.4 is 9.64 Å². The van der Waals surface area contributed by atoms with Gasteiger partial charge in [-0.15, -0.1) is 0 Å². The van der Waals surface area contributed by atoms with Crippen molar-refractivity contribution in [2.75, 3.05) is 4.90 Å². The summed E-state index contributed by atoms with van der Waals surface area (Å²) in [5.41, 5.74) is 8.76. The SMILES string of the molecule is c1ccc2c(c1)Oc1ccc(-c3ccc(N(c4ccc5c(ccc6ccccc65)c4)C45CC6CC(CC(C6)C4)C5)cc3)c3c4ccccc4n-2c13. The average Bonchev–Trinajstić information content (AvgIpc) is 3.51. The summed E-state index contributed by atoms with van der Waals surface area (Å²) in [6.45, 7) is 0. The lowest BCUT2D eigenvalue weighted by atomic mass is 9.52. The van der Waals surface area contributed by atoms with Crippen LogP contribution in [0.25, 0.3) is 60.2 Å². The summed E-state index contributed by atoms with van der Waals surface area (Å²) in [6, 6.07) is 51.9. The molecule has 0 saturated heterocycles. The fourth-order valence-electron chi connectivity index (χ4n) is 11.5. The first-order chi connectivity index (χ1) is 25.2. The standard InChI is InChI=1S/C48H38N2O/c1-2-8-38-33(7-1)13-14-35-26-37(19-20-39(35)38)50(48-27-30-23-31(28-48)25-32(24-30)29-48)36-17-15-34(16-18-36)40-21-22-45-47-46(40)41-9-3-4-10-42(41)49(47)43-11-5-6-12-44(43)51-45/h1-22,26,30-32H,23-25,27-29H2. The molecule has 3 heteroatoms. The highest BCUT2D eigenvalue weighted by Gasteiger charge is 2.54. The first-order valence-electron chi connectivity index (χ1n) is 18.8. The maximum atomic E-state index is 6.51. The largest absolute Gasteiger partial charge is 0.453 e. The van der Waals surface area contributed by atoms with Gasteiger partial charge in [-0.05, 0) is 144 Å². The zero-order chi connectivity index (χ0) is 33.3. The molecule has 13 rings (SSSR count). The lowest BCUT2D eigenvalue weighted by Crippen LogP contribution is -2.58. The third-order valence-corrected chi connectivity index (χ3v) is 13.0. The first kappa shape index (κ1) is 28.2. The second-order valence-electron chi connectivity index (χ2n) is 16.0. The minimum atomic E-state index is 0.171. The maximum Gasteiger partial charge on any atom is 0.152 e. The van der Waals surface area contributed by atoms with Gasteiger partial charge in [0.05, 0.1) is 16.7 Å². The number of anilines is 2. The summed E-state index contributed by atoms with van der Waals surface area (Å²) in [5.74, 6) is 4.39. The van der Waals surface area contributed by atoms with Crippen LogP contribution in [0.15, 0.2) is 140 Å². The number of fused-ring (bicyclic) bond motifs is 8. The van der Waals surface area contributed by atoms with Gasteiger partial charge in [-0.3, -0.25) is 0 Å². The van der Waals surface area contributed by atoms with Crippen LogP contribution in [0.4, 0.5) is 11.4 Å². The van der Waals surface area contributed by atoms with Crippen molar-refractivity contribution < 1.29 is 4.74 Å².